The molecule has 0 saturated heterocycles. The van der Waals surface area contributed by atoms with Crippen LogP contribution in [-0.2, 0) is 15.8 Å². The minimum absolute atomic E-state index is 0.0112. The van der Waals surface area contributed by atoms with Crippen molar-refractivity contribution in [3.05, 3.63) is 70.0 Å². The number of methoxy groups -OCH3 is 1. The van der Waals surface area contributed by atoms with Gasteiger partial charge in [0, 0.05) is 34.3 Å². The van der Waals surface area contributed by atoms with Crippen molar-refractivity contribution < 1.29 is 46.1 Å². The molecule has 4 N–H and O–H groups in total. The van der Waals surface area contributed by atoms with Gasteiger partial charge in [-0.15, -0.1) is 0 Å². The molecule has 242 valence electrons. The molecular weight excluding hydrogens is 641 g/mol. The fourth-order valence-corrected chi connectivity index (χ4v) is 5.67. The number of hydrogen-bond donors (Lipinski definition) is 3. The van der Waals surface area contributed by atoms with E-state index >= 15 is 8.78 Å². The van der Waals surface area contributed by atoms with Crippen molar-refractivity contribution >= 4 is 34.3 Å². The molecule has 4 aromatic rings. The molecule has 2 aromatic carbocycles. The minimum Gasteiger partial charge on any atom is -0.494 e. The number of rotatable bonds is 9. The topological polar surface area (TPSA) is 142 Å². The van der Waals surface area contributed by atoms with Gasteiger partial charge in [0.15, 0.2) is 5.60 Å². The van der Waals surface area contributed by atoms with E-state index in [2.05, 4.69) is 15.4 Å². The number of pyridine rings is 1. The number of halogens is 6. The summed E-state index contributed by atoms with van der Waals surface area (Å²) in [7, 11) is 1.26. The zero-order valence-electron chi connectivity index (χ0n) is 24.1. The van der Waals surface area contributed by atoms with Gasteiger partial charge in [0.2, 0.25) is 5.91 Å². The lowest BCUT2D eigenvalue weighted by molar-refractivity contribution is -0.123. The predicted octanol–water partition coefficient (Wildman–Crippen LogP) is 4.69. The lowest BCUT2D eigenvalue weighted by atomic mass is 9.80. The molecule has 3 heterocycles. The third kappa shape index (κ3) is 4.88. The highest BCUT2D eigenvalue weighted by Gasteiger charge is 2.62. The first-order valence-corrected chi connectivity index (χ1v) is 14.2. The number of carbonyl (C=O) groups excluding carboxylic acids is 2. The average Bonchev–Trinajstić information content (AvgIpc) is 3.47. The van der Waals surface area contributed by atoms with Crippen molar-refractivity contribution in [2.75, 3.05) is 20.3 Å². The third-order valence-electron chi connectivity index (χ3n) is 8.51. The van der Waals surface area contributed by atoms with Gasteiger partial charge in [-0.1, -0.05) is 11.6 Å². The molecule has 2 atom stereocenters. The van der Waals surface area contributed by atoms with Crippen LogP contribution in [0.5, 0.6) is 11.5 Å². The van der Waals surface area contributed by atoms with Gasteiger partial charge in [0.1, 0.15) is 52.0 Å². The molecule has 2 aromatic heterocycles. The van der Waals surface area contributed by atoms with E-state index in [1.54, 1.807) is 0 Å². The molecule has 0 unspecified atom stereocenters. The quantitative estimate of drug-likeness (QED) is 0.174. The summed E-state index contributed by atoms with van der Waals surface area (Å²) in [6, 6.07) is 5.16. The van der Waals surface area contributed by atoms with E-state index in [9.17, 15) is 27.9 Å². The van der Waals surface area contributed by atoms with Crippen LogP contribution in [0, 0.1) is 11.6 Å². The standard InChI is InChI=1S/C30H25ClF5N5O5/c1-28(26(37)43)12-46-24-16(28)8-21(39-23(24)15-7-17(31)19(33)9-18(15)32)30(44,29(36)3-4-29)11-38-25(42)13-5-14-10-41(27(34)35)40-22(14)20(6-13)45-2/h5-10,27,44H,3-4,11-12H2,1-2H3,(H2,37,43)(H,38,42)/t28-,30-/m0/s1. The first-order chi connectivity index (χ1) is 21.6. The smallest absolute Gasteiger partial charge is 0.333 e. The molecule has 1 aliphatic heterocycles. The van der Waals surface area contributed by atoms with Crippen LogP contribution >= 0.6 is 11.6 Å². The number of aromatic nitrogens is 3. The Morgan fingerprint density at radius 1 is 1.22 bits per heavy atom. The second kappa shape index (κ2) is 10.8. The Balaban J connectivity index is 1.44. The van der Waals surface area contributed by atoms with Crippen LogP contribution in [-0.4, -0.2) is 57.6 Å². The van der Waals surface area contributed by atoms with E-state index in [0.29, 0.717) is 10.7 Å². The molecule has 0 spiro atoms. The first-order valence-electron chi connectivity index (χ1n) is 13.8. The van der Waals surface area contributed by atoms with Gasteiger partial charge in [-0.2, -0.15) is 13.9 Å². The van der Waals surface area contributed by atoms with Gasteiger partial charge in [-0.25, -0.2) is 22.8 Å². The number of primary amides is 1. The number of benzene rings is 2. The molecule has 10 nitrogen and oxygen atoms in total. The zero-order chi connectivity index (χ0) is 33.3. The highest BCUT2D eigenvalue weighted by molar-refractivity contribution is 6.31. The lowest BCUT2D eigenvalue weighted by Crippen LogP contribution is -2.49. The van der Waals surface area contributed by atoms with E-state index in [-0.39, 0.29) is 64.2 Å². The summed E-state index contributed by atoms with van der Waals surface area (Å²) in [5.74, 6) is -3.94. The van der Waals surface area contributed by atoms with Crippen LogP contribution in [0.3, 0.4) is 0 Å². The molecule has 1 fully saturated rings. The van der Waals surface area contributed by atoms with E-state index in [1.165, 1.54) is 32.2 Å². The normalized spacial score (nSPS) is 19.4. The van der Waals surface area contributed by atoms with Gasteiger partial charge in [-0.05, 0) is 44.0 Å². The maximum atomic E-state index is 16.1. The highest BCUT2D eigenvalue weighted by Crippen LogP contribution is 2.55. The largest absolute Gasteiger partial charge is 0.494 e. The van der Waals surface area contributed by atoms with Gasteiger partial charge in [-0.3, -0.25) is 9.59 Å². The summed E-state index contributed by atoms with van der Waals surface area (Å²) >= 11 is 5.93. The summed E-state index contributed by atoms with van der Waals surface area (Å²) < 4.78 is 83.1. The Morgan fingerprint density at radius 3 is 2.57 bits per heavy atom. The number of ether oxygens (including phenoxy) is 2. The second-order valence-corrected chi connectivity index (χ2v) is 11.9. The third-order valence-corrected chi connectivity index (χ3v) is 8.80. The number of aliphatic hydroxyl groups is 1. The summed E-state index contributed by atoms with van der Waals surface area (Å²) in [5.41, 5.74) is -1.74. The fourth-order valence-electron chi connectivity index (χ4n) is 5.51. The Bertz CT molecular complexity index is 1940. The number of hydrogen-bond acceptors (Lipinski definition) is 7. The number of amides is 2. The van der Waals surface area contributed by atoms with E-state index in [1.807, 2.05) is 0 Å². The number of carbonyl (C=O) groups is 2. The highest BCUT2D eigenvalue weighted by atomic mass is 35.5. The van der Waals surface area contributed by atoms with Crippen molar-refractivity contribution in [2.24, 2.45) is 5.73 Å². The summed E-state index contributed by atoms with van der Waals surface area (Å²) in [5, 5.41) is 17.9. The minimum atomic E-state index is -2.95. The number of fused-ring (bicyclic) bond motifs is 2. The fraction of sp³-hybridized carbons (Fsp3) is 0.333. The van der Waals surface area contributed by atoms with Gasteiger partial charge < -0.3 is 25.6 Å². The van der Waals surface area contributed by atoms with Gasteiger partial charge >= 0.3 is 6.55 Å². The molecule has 1 aliphatic carbocycles. The summed E-state index contributed by atoms with van der Waals surface area (Å²) in [6.07, 6.45) is 0.742. The Kier molecular flexibility index (Phi) is 7.39. The molecule has 2 aliphatic rings. The number of nitrogens with one attached hydrogen (secondary N) is 1. The van der Waals surface area contributed by atoms with Crippen molar-refractivity contribution in [3.8, 4) is 22.8 Å². The number of nitrogens with zero attached hydrogens (tertiary/aromatic N) is 3. The molecule has 46 heavy (non-hydrogen) atoms. The van der Waals surface area contributed by atoms with Crippen molar-refractivity contribution in [3.63, 3.8) is 0 Å². The molecule has 0 radical (unpaired) electrons. The lowest BCUT2D eigenvalue weighted by Gasteiger charge is -2.33. The number of nitrogens with two attached hydrogens (primary N) is 1. The molecule has 16 heteroatoms. The first kappa shape index (κ1) is 31.5. The average molecular weight is 666 g/mol. The van der Waals surface area contributed by atoms with E-state index in [0.717, 1.165) is 12.3 Å². The van der Waals surface area contributed by atoms with Crippen LogP contribution < -0.4 is 20.5 Å². The van der Waals surface area contributed by atoms with Crippen molar-refractivity contribution in [1.29, 1.82) is 0 Å². The Labute approximate surface area is 262 Å². The Morgan fingerprint density at radius 2 is 1.93 bits per heavy atom. The SMILES string of the molecule is COc1cc(C(=O)NC[C@](O)(c2cc3c(c(-c4cc(Cl)c(F)cc4F)n2)OC[C@]3(C)C(N)=O)C2(F)CC2)cc2cn(C(F)F)nc12. The maximum absolute atomic E-state index is 16.1. The van der Waals surface area contributed by atoms with Crippen LogP contribution in [0.4, 0.5) is 22.0 Å². The molecular formula is C30H25ClF5N5O5. The van der Waals surface area contributed by atoms with Crippen LogP contribution in [0.1, 0.15) is 47.9 Å². The van der Waals surface area contributed by atoms with Crippen LogP contribution in [0.2, 0.25) is 5.02 Å². The Hall–Kier alpha value is -4.50. The second-order valence-electron chi connectivity index (χ2n) is 11.5. The summed E-state index contributed by atoms with van der Waals surface area (Å²) in [6.45, 7) is -2.58. The van der Waals surface area contributed by atoms with Crippen molar-refractivity contribution in [1.82, 2.24) is 20.1 Å². The van der Waals surface area contributed by atoms with Gasteiger partial charge in [0.05, 0.1) is 24.4 Å². The van der Waals surface area contributed by atoms with Crippen LogP contribution in [0.15, 0.2) is 36.5 Å². The van der Waals surface area contributed by atoms with Gasteiger partial charge in [0.25, 0.3) is 5.91 Å². The maximum Gasteiger partial charge on any atom is 0.333 e. The molecule has 6 rings (SSSR count). The monoisotopic (exact) mass is 665 g/mol. The van der Waals surface area contributed by atoms with Crippen molar-refractivity contribution in [2.45, 2.75) is 43.0 Å². The molecule has 2 amide bonds. The molecule has 1 saturated carbocycles. The predicted molar refractivity (Wildman–Crippen MR) is 153 cm³/mol. The van der Waals surface area contributed by atoms with E-state index < -0.39 is 63.9 Å². The van der Waals surface area contributed by atoms with Crippen LogP contribution in [0.25, 0.3) is 22.2 Å². The molecule has 0 bridgehead atoms. The summed E-state index contributed by atoms with van der Waals surface area (Å²) in [4.78, 5) is 30.2. The zero-order valence-corrected chi connectivity index (χ0v) is 24.9. The number of alkyl halides is 3. The van der Waals surface area contributed by atoms with E-state index in [4.69, 9.17) is 26.8 Å².